The number of nitrogens with one attached hydrogen (secondary N) is 1. The molecule has 1 atom stereocenters. The Bertz CT molecular complexity index is 353. The second-order valence-corrected chi connectivity index (χ2v) is 3.82. The summed E-state index contributed by atoms with van der Waals surface area (Å²) in [5.74, 6) is -0.435. The molecule has 1 unspecified atom stereocenters. The van der Waals surface area contributed by atoms with Gasteiger partial charge in [-0.2, -0.15) is 0 Å². The summed E-state index contributed by atoms with van der Waals surface area (Å²) in [5.41, 5.74) is 1.02. The quantitative estimate of drug-likeness (QED) is 0.581. The van der Waals surface area contributed by atoms with Crippen molar-refractivity contribution in [1.82, 2.24) is 5.32 Å². The van der Waals surface area contributed by atoms with Crippen LogP contribution in [0.25, 0.3) is 0 Å². The van der Waals surface area contributed by atoms with E-state index >= 15 is 0 Å². The maximum Gasteiger partial charge on any atom is 0.230 e. The van der Waals surface area contributed by atoms with Gasteiger partial charge >= 0.3 is 0 Å². The van der Waals surface area contributed by atoms with Crippen LogP contribution in [-0.2, 0) is 9.59 Å². The van der Waals surface area contributed by atoms with Crippen LogP contribution in [0.1, 0.15) is 26.2 Å². The number of rotatable bonds is 4. The van der Waals surface area contributed by atoms with Crippen LogP contribution < -0.4 is 5.32 Å². The third kappa shape index (κ3) is 3.50. The highest BCUT2D eigenvalue weighted by atomic mass is 16.2. The van der Waals surface area contributed by atoms with Crippen molar-refractivity contribution in [1.29, 1.82) is 0 Å². The van der Waals surface area contributed by atoms with Crippen molar-refractivity contribution in [2.24, 2.45) is 5.92 Å². The minimum Gasteiger partial charge on any atom is -0.296 e. The van der Waals surface area contributed by atoms with Gasteiger partial charge in [-0.05, 0) is 25.3 Å². The fourth-order valence-corrected chi connectivity index (χ4v) is 1.66. The lowest BCUT2D eigenvalue weighted by atomic mass is 9.91. The lowest BCUT2D eigenvalue weighted by Crippen LogP contribution is -2.40. The molecule has 0 aromatic carbocycles. The first-order chi connectivity index (χ1) is 7.67. The van der Waals surface area contributed by atoms with E-state index in [1.807, 2.05) is 25.2 Å². The van der Waals surface area contributed by atoms with Crippen LogP contribution in [0.3, 0.4) is 0 Å². The van der Waals surface area contributed by atoms with E-state index in [4.69, 9.17) is 0 Å². The van der Waals surface area contributed by atoms with Crippen LogP contribution in [0, 0.1) is 5.92 Å². The molecule has 0 bridgehead atoms. The highest BCUT2D eigenvalue weighted by molar-refractivity contribution is 5.98. The van der Waals surface area contributed by atoms with Crippen LogP contribution in [0.4, 0.5) is 0 Å². The average molecular weight is 219 g/mol. The fourth-order valence-electron chi connectivity index (χ4n) is 1.66. The Hall–Kier alpha value is -1.64. The molecular formula is C13H17NO2. The van der Waals surface area contributed by atoms with Crippen LogP contribution in [-0.4, -0.2) is 11.8 Å². The number of allylic oxidation sites excluding steroid dienone is 5. The molecule has 0 aromatic rings. The van der Waals surface area contributed by atoms with Crippen molar-refractivity contribution in [2.75, 3.05) is 0 Å². The van der Waals surface area contributed by atoms with Gasteiger partial charge in [-0.15, -0.1) is 0 Å². The van der Waals surface area contributed by atoms with Gasteiger partial charge in [0.2, 0.25) is 11.8 Å². The molecule has 86 valence electrons. The second-order valence-electron chi connectivity index (χ2n) is 3.82. The van der Waals surface area contributed by atoms with Gasteiger partial charge in [-0.1, -0.05) is 30.9 Å². The molecule has 1 N–H and O–H groups in total. The van der Waals surface area contributed by atoms with E-state index in [1.165, 1.54) is 0 Å². The first-order valence-electron chi connectivity index (χ1n) is 5.45. The minimum absolute atomic E-state index is 0.104. The molecule has 16 heavy (non-hydrogen) atoms. The Morgan fingerprint density at radius 1 is 1.56 bits per heavy atom. The van der Waals surface area contributed by atoms with Crippen molar-refractivity contribution in [2.45, 2.75) is 26.2 Å². The van der Waals surface area contributed by atoms with Gasteiger partial charge in [0.1, 0.15) is 0 Å². The normalized spacial score (nSPS) is 22.3. The van der Waals surface area contributed by atoms with Crippen molar-refractivity contribution in [3.8, 4) is 0 Å². The summed E-state index contributed by atoms with van der Waals surface area (Å²) in [4.78, 5) is 22.5. The van der Waals surface area contributed by atoms with E-state index in [2.05, 4.69) is 11.9 Å². The van der Waals surface area contributed by atoms with Gasteiger partial charge in [0.05, 0.1) is 0 Å². The molecular weight excluding hydrogens is 202 g/mol. The summed E-state index contributed by atoms with van der Waals surface area (Å²) in [6.45, 7) is 5.65. The summed E-state index contributed by atoms with van der Waals surface area (Å²) >= 11 is 0. The number of carbonyl (C=O) groups is 2. The molecule has 0 aliphatic carbocycles. The van der Waals surface area contributed by atoms with Crippen LogP contribution in [0.2, 0.25) is 0 Å². The maximum absolute atomic E-state index is 11.5. The van der Waals surface area contributed by atoms with Crippen molar-refractivity contribution < 1.29 is 9.59 Å². The number of imide groups is 1. The van der Waals surface area contributed by atoms with Crippen molar-refractivity contribution in [3.05, 3.63) is 36.5 Å². The van der Waals surface area contributed by atoms with E-state index < -0.39 is 0 Å². The topological polar surface area (TPSA) is 46.2 Å². The van der Waals surface area contributed by atoms with Crippen LogP contribution in [0.15, 0.2) is 36.5 Å². The standard InChI is InChI=1S/C13H17NO2/c1-3-5-6-10(4-2)9-11-7-8-12(15)14-13(11)16/h3-6,11H,2,7-9H2,1H3,(H,14,15,16)/b5-3-,10-6+. The summed E-state index contributed by atoms with van der Waals surface area (Å²) in [6, 6.07) is 0. The molecule has 1 fully saturated rings. The molecule has 3 nitrogen and oxygen atoms in total. The SMILES string of the molecule is C=C/C(=C\C=C/C)CC1CCC(=O)NC1=O. The van der Waals surface area contributed by atoms with E-state index in [-0.39, 0.29) is 17.7 Å². The summed E-state index contributed by atoms with van der Waals surface area (Å²) < 4.78 is 0. The molecule has 0 aromatic heterocycles. The molecule has 0 saturated carbocycles. The molecule has 1 heterocycles. The molecule has 3 heteroatoms. The summed E-state index contributed by atoms with van der Waals surface area (Å²) in [7, 11) is 0. The Balaban J connectivity index is 2.62. The van der Waals surface area contributed by atoms with Gasteiger partial charge in [-0.3, -0.25) is 14.9 Å². The zero-order valence-corrected chi connectivity index (χ0v) is 9.53. The third-order valence-corrected chi connectivity index (χ3v) is 2.60. The predicted octanol–water partition coefficient (Wildman–Crippen LogP) is 2.12. The average Bonchev–Trinajstić information content (AvgIpc) is 2.27. The molecule has 1 aliphatic heterocycles. The molecule has 1 rings (SSSR count). The van der Waals surface area contributed by atoms with Crippen LogP contribution in [0.5, 0.6) is 0 Å². The summed E-state index contributed by atoms with van der Waals surface area (Å²) in [5, 5.41) is 2.36. The van der Waals surface area contributed by atoms with E-state index in [9.17, 15) is 9.59 Å². The highest BCUT2D eigenvalue weighted by Crippen LogP contribution is 2.21. The zero-order chi connectivity index (χ0) is 12.0. The van der Waals surface area contributed by atoms with Gasteiger partial charge in [-0.25, -0.2) is 0 Å². The highest BCUT2D eigenvalue weighted by Gasteiger charge is 2.26. The van der Waals surface area contributed by atoms with Crippen molar-refractivity contribution >= 4 is 11.8 Å². The lowest BCUT2D eigenvalue weighted by molar-refractivity contribution is -0.136. The molecule has 1 aliphatic rings. The minimum atomic E-state index is -0.168. The fraction of sp³-hybridized carbons (Fsp3) is 0.385. The third-order valence-electron chi connectivity index (χ3n) is 2.60. The number of hydrogen-bond donors (Lipinski definition) is 1. The first kappa shape index (κ1) is 12.4. The zero-order valence-electron chi connectivity index (χ0n) is 9.53. The van der Waals surface area contributed by atoms with Crippen molar-refractivity contribution in [3.63, 3.8) is 0 Å². The van der Waals surface area contributed by atoms with E-state index in [0.29, 0.717) is 19.3 Å². The molecule has 1 saturated heterocycles. The number of piperidine rings is 1. The van der Waals surface area contributed by atoms with E-state index in [0.717, 1.165) is 5.57 Å². The smallest absolute Gasteiger partial charge is 0.230 e. The molecule has 0 spiro atoms. The Morgan fingerprint density at radius 2 is 2.31 bits per heavy atom. The van der Waals surface area contributed by atoms with E-state index in [1.54, 1.807) is 6.08 Å². The van der Waals surface area contributed by atoms with Gasteiger partial charge in [0.25, 0.3) is 0 Å². The predicted molar refractivity (Wildman–Crippen MR) is 63.6 cm³/mol. The number of hydrogen-bond acceptors (Lipinski definition) is 2. The molecule has 2 amide bonds. The van der Waals surface area contributed by atoms with Gasteiger partial charge in [0, 0.05) is 12.3 Å². The largest absolute Gasteiger partial charge is 0.296 e. The first-order valence-corrected chi connectivity index (χ1v) is 5.45. The van der Waals surface area contributed by atoms with Gasteiger partial charge < -0.3 is 0 Å². The lowest BCUT2D eigenvalue weighted by Gasteiger charge is -2.20. The Morgan fingerprint density at radius 3 is 2.88 bits per heavy atom. The monoisotopic (exact) mass is 219 g/mol. The van der Waals surface area contributed by atoms with Crippen LogP contribution >= 0.6 is 0 Å². The Labute approximate surface area is 95.9 Å². The number of amides is 2. The summed E-state index contributed by atoms with van der Waals surface area (Å²) in [6.07, 6.45) is 9.25. The Kier molecular flexibility index (Phi) is 4.70. The molecule has 0 radical (unpaired) electrons. The maximum atomic E-state index is 11.5. The van der Waals surface area contributed by atoms with Gasteiger partial charge in [0.15, 0.2) is 0 Å². The second kappa shape index (κ2) is 6.05. The number of carbonyl (C=O) groups excluding carboxylic acids is 2.